The first-order chi connectivity index (χ1) is 28.7. The van der Waals surface area contributed by atoms with Crippen molar-refractivity contribution in [2.24, 2.45) is 0 Å². The molecule has 0 aromatic heterocycles. The number of carbonyl (C=O) groups excluding carboxylic acids is 6. The van der Waals surface area contributed by atoms with E-state index >= 15 is 0 Å². The van der Waals surface area contributed by atoms with E-state index in [1.807, 2.05) is 6.92 Å². The first-order valence-corrected chi connectivity index (χ1v) is 21.7. The molecule has 0 rings (SSSR count). The molecule has 0 aromatic rings. The lowest BCUT2D eigenvalue weighted by Crippen LogP contribution is -2.32. The predicted molar refractivity (Wildman–Crippen MR) is 221 cm³/mol. The van der Waals surface area contributed by atoms with Gasteiger partial charge in [-0.25, -0.2) is 0 Å². The summed E-state index contributed by atoms with van der Waals surface area (Å²) in [5.74, 6) is -0.209. The van der Waals surface area contributed by atoms with E-state index in [1.54, 1.807) is 0 Å². The lowest BCUT2D eigenvalue weighted by atomic mass is 10.0. The Labute approximate surface area is 352 Å². The normalized spacial score (nSPS) is 11.1. The van der Waals surface area contributed by atoms with Crippen molar-refractivity contribution in [2.45, 2.75) is 110 Å². The molecule has 0 heterocycles. The highest BCUT2D eigenvalue weighted by molar-refractivity contribution is 5.79. The molecule has 3 amide bonds. The third-order valence-corrected chi connectivity index (χ3v) is 8.48. The molecular formula is C42H77N3O14. The van der Waals surface area contributed by atoms with Gasteiger partial charge in [-0.05, 0) is 26.2 Å². The summed E-state index contributed by atoms with van der Waals surface area (Å²) in [5, 5.41) is 8.23. The topological polar surface area (TPSA) is 212 Å². The highest BCUT2D eigenvalue weighted by Gasteiger charge is 2.06. The van der Waals surface area contributed by atoms with Crippen LogP contribution in [0.5, 0.6) is 0 Å². The zero-order chi connectivity index (χ0) is 43.3. The van der Waals surface area contributed by atoms with Crippen LogP contribution in [0.1, 0.15) is 110 Å². The highest BCUT2D eigenvalue weighted by atomic mass is 16.5. The summed E-state index contributed by atoms with van der Waals surface area (Å²) in [6.07, 6.45) is 14.3. The van der Waals surface area contributed by atoms with E-state index in [0.29, 0.717) is 97.3 Å². The van der Waals surface area contributed by atoms with Gasteiger partial charge in [-0.2, -0.15) is 0 Å². The van der Waals surface area contributed by atoms with Gasteiger partial charge in [0.25, 0.3) is 0 Å². The minimum Gasteiger partial charge on any atom is -0.379 e. The van der Waals surface area contributed by atoms with E-state index < -0.39 is 0 Å². The van der Waals surface area contributed by atoms with Crippen molar-refractivity contribution in [1.29, 1.82) is 0 Å². The van der Waals surface area contributed by atoms with E-state index in [9.17, 15) is 28.8 Å². The monoisotopic (exact) mass is 848 g/mol. The van der Waals surface area contributed by atoms with Crippen molar-refractivity contribution >= 4 is 35.1 Å². The van der Waals surface area contributed by atoms with Crippen molar-refractivity contribution in [3.05, 3.63) is 0 Å². The zero-order valence-electron chi connectivity index (χ0n) is 36.3. The smallest absolute Gasteiger partial charge is 0.246 e. The first-order valence-electron chi connectivity index (χ1n) is 21.7. The number of ketones is 3. The summed E-state index contributed by atoms with van der Waals surface area (Å²) >= 11 is 0. The van der Waals surface area contributed by atoms with Crippen molar-refractivity contribution in [1.82, 2.24) is 16.0 Å². The molecule has 0 fully saturated rings. The lowest BCUT2D eigenvalue weighted by Gasteiger charge is -2.09. The number of hydrogen-bond donors (Lipinski definition) is 3. The van der Waals surface area contributed by atoms with Gasteiger partial charge in [0.1, 0.15) is 32.2 Å². The highest BCUT2D eigenvalue weighted by Crippen LogP contribution is 2.12. The third-order valence-electron chi connectivity index (χ3n) is 8.48. The lowest BCUT2D eigenvalue weighted by molar-refractivity contribution is -0.127. The minimum absolute atomic E-state index is 0.00414. The molecule has 59 heavy (non-hydrogen) atoms. The fourth-order valence-corrected chi connectivity index (χ4v) is 5.23. The molecule has 0 aliphatic carbocycles. The maximum absolute atomic E-state index is 12.0. The summed E-state index contributed by atoms with van der Waals surface area (Å²) in [6, 6.07) is 0. The average Bonchev–Trinajstić information content (AvgIpc) is 3.21. The molecule has 0 saturated heterocycles. The van der Waals surface area contributed by atoms with Crippen molar-refractivity contribution in [3.63, 3.8) is 0 Å². The molecule has 0 radical (unpaired) electrons. The number of amides is 3. The fourth-order valence-electron chi connectivity index (χ4n) is 5.23. The van der Waals surface area contributed by atoms with Gasteiger partial charge in [-0.15, -0.1) is 0 Å². The van der Waals surface area contributed by atoms with Gasteiger partial charge in [0.2, 0.25) is 17.7 Å². The fraction of sp³-hybridized carbons (Fsp3) is 0.857. The number of ether oxygens (including phenoxy) is 8. The molecule has 0 spiro atoms. The van der Waals surface area contributed by atoms with E-state index in [4.69, 9.17) is 37.9 Å². The Morgan fingerprint density at radius 1 is 0.339 bits per heavy atom. The number of unbranched alkanes of at least 4 members (excludes halogenated alkanes) is 9. The van der Waals surface area contributed by atoms with Crippen LogP contribution in [0, 0.1) is 0 Å². The Morgan fingerprint density at radius 3 is 1.15 bits per heavy atom. The largest absolute Gasteiger partial charge is 0.379 e. The summed E-state index contributed by atoms with van der Waals surface area (Å²) in [7, 11) is 0. The van der Waals surface area contributed by atoms with Crippen molar-refractivity contribution < 1.29 is 66.7 Å². The van der Waals surface area contributed by atoms with Crippen LogP contribution in [-0.2, 0) is 66.7 Å². The molecule has 0 saturated carbocycles. The van der Waals surface area contributed by atoms with Crippen LogP contribution in [0.3, 0.4) is 0 Å². The molecule has 0 aliphatic rings. The second kappa shape index (κ2) is 44.6. The second-order valence-corrected chi connectivity index (χ2v) is 14.0. The molecule has 3 N–H and O–H groups in total. The third kappa shape index (κ3) is 46.0. The van der Waals surface area contributed by atoms with E-state index in [0.717, 1.165) is 38.5 Å². The van der Waals surface area contributed by atoms with Gasteiger partial charge in [0.05, 0.1) is 72.7 Å². The summed E-state index contributed by atoms with van der Waals surface area (Å²) in [6.45, 7) is 8.03. The Kier molecular flexibility index (Phi) is 42.5. The molecule has 0 unspecified atom stereocenters. The quantitative estimate of drug-likeness (QED) is 0.0752. The van der Waals surface area contributed by atoms with Crippen molar-refractivity contribution in [3.8, 4) is 0 Å². The molecule has 0 bridgehead atoms. The second-order valence-electron chi connectivity index (χ2n) is 14.0. The van der Waals surface area contributed by atoms with Crippen LogP contribution in [-0.4, -0.2) is 160 Å². The minimum atomic E-state index is -0.285. The Bertz CT molecular complexity index is 1070. The van der Waals surface area contributed by atoms with Crippen LogP contribution >= 0.6 is 0 Å². The van der Waals surface area contributed by atoms with Gasteiger partial charge >= 0.3 is 0 Å². The van der Waals surface area contributed by atoms with Crippen LogP contribution in [0.2, 0.25) is 0 Å². The number of hydrogen-bond acceptors (Lipinski definition) is 14. The maximum Gasteiger partial charge on any atom is 0.246 e. The summed E-state index contributed by atoms with van der Waals surface area (Å²) in [4.78, 5) is 69.6. The first kappa shape index (κ1) is 56.1. The Hall–Kier alpha value is -2.90. The SMILES string of the molecule is CCC(=O)CCCCCCCCCCCCC(=O)NCCOCCOCC(=O)NCCOCCOCC(=O)NCCOCCOCC(=O)CCCOCCOCC(C)=O. The Morgan fingerprint density at radius 2 is 0.695 bits per heavy atom. The van der Waals surface area contributed by atoms with Gasteiger partial charge < -0.3 is 53.8 Å². The van der Waals surface area contributed by atoms with Gasteiger partial charge in [-0.3, -0.25) is 28.8 Å². The zero-order valence-corrected chi connectivity index (χ0v) is 36.3. The maximum atomic E-state index is 12.0. The number of rotatable bonds is 47. The average molecular weight is 848 g/mol. The van der Waals surface area contributed by atoms with Crippen LogP contribution in [0.15, 0.2) is 0 Å². The molecule has 0 aliphatic heterocycles. The van der Waals surface area contributed by atoms with Crippen LogP contribution < -0.4 is 16.0 Å². The van der Waals surface area contributed by atoms with Crippen molar-refractivity contribution in [2.75, 3.05) is 125 Å². The van der Waals surface area contributed by atoms with E-state index in [2.05, 4.69) is 16.0 Å². The number of nitrogens with one attached hydrogen (secondary N) is 3. The van der Waals surface area contributed by atoms with Crippen LogP contribution in [0.4, 0.5) is 0 Å². The number of Topliss-reactive ketones (excluding diaryl/α,β-unsaturated/α-hetero) is 3. The predicted octanol–water partition coefficient (Wildman–Crippen LogP) is 3.07. The summed E-state index contributed by atoms with van der Waals surface area (Å²) in [5.41, 5.74) is 0. The van der Waals surface area contributed by atoms with Crippen LogP contribution in [0.25, 0.3) is 0 Å². The molecule has 0 aromatic carbocycles. The molecule has 344 valence electrons. The summed E-state index contributed by atoms with van der Waals surface area (Å²) < 4.78 is 42.5. The molecule has 0 atom stereocenters. The standard InChI is InChI=1S/C42H77N3O14/c1-3-38(47)15-12-10-8-6-4-5-7-9-11-13-17-40(49)43-18-22-53-27-31-58-35-42(51)45-20-24-55-28-32-59-36-41(50)44-19-23-54-26-30-57-34-39(48)16-14-21-52-25-29-56-33-37(2)46/h3-36H2,1-2H3,(H,43,49)(H,44,50)(H,45,51). The molecular weight excluding hydrogens is 770 g/mol. The van der Waals surface area contributed by atoms with Gasteiger partial charge in [0.15, 0.2) is 11.6 Å². The van der Waals surface area contributed by atoms with Gasteiger partial charge in [0, 0.05) is 51.9 Å². The van der Waals surface area contributed by atoms with E-state index in [-0.39, 0.29) is 88.7 Å². The molecule has 17 heteroatoms. The Balaban J connectivity index is 3.36. The number of carbonyl (C=O) groups is 6. The van der Waals surface area contributed by atoms with Gasteiger partial charge in [-0.1, -0.05) is 58.3 Å². The van der Waals surface area contributed by atoms with E-state index in [1.165, 1.54) is 39.0 Å². The molecule has 17 nitrogen and oxygen atoms in total.